The van der Waals surface area contributed by atoms with Crippen LogP contribution in [-0.2, 0) is 15.9 Å². The molecule has 1 amide bonds. The quantitative estimate of drug-likeness (QED) is 0.0710. The first-order chi connectivity index (χ1) is 17.4. The van der Waals surface area contributed by atoms with E-state index in [1.54, 1.807) is 0 Å². The van der Waals surface area contributed by atoms with Gasteiger partial charge in [-0.1, -0.05) is 51.2 Å². The van der Waals surface area contributed by atoms with Gasteiger partial charge in [-0.25, -0.2) is 0 Å². The first kappa shape index (κ1) is 32.7. The molecule has 1 aromatic carbocycles. The van der Waals surface area contributed by atoms with Gasteiger partial charge in [-0.2, -0.15) is 0 Å². The maximum atomic E-state index is 12.4. The Kier molecular flexibility index (Phi) is 19.7. The molecule has 1 atom stereocenters. The summed E-state index contributed by atoms with van der Waals surface area (Å²) < 4.78 is 4.77. The van der Waals surface area contributed by atoms with E-state index in [0.29, 0.717) is 19.5 Å². The molecule has 208 valence electrons. The van der Waals surface area contributed by atoms with Crippen molar-refractivity contribution < 1.29 is 24.0 Å². The van der Waals surface area contributed by atoms with Crippen LogP contribution in [0.4, 0.5) is 0 Å². The molecule has 0 aliphatic rings. The second-order valence-corrected chi connectivity index (χ2v) is 11.0. The summed E-state index contributed by atoms with van der Waals surface area (Å²) in [6.45, 7) is 3.08. The Morgan fingerprint density at radius 1 is 0.889 bits per heavy atom. The molecule has 0 saturated carbocycles. The van der Waals surface area contributed by atoms with E-state index < -0.39 is 14.2 Å². The van der Waals surface area contributed by atoms with E-state index in [2.05, 4.69) is 29.7 Å². The zero-order valence-corrected chi connectivity index (χ0v) is 23.3. The van der Waals surface area contributed by atoms with E-state index in [1.165, 1.54) is 57.8 Å². The topological polar surface area (TPSA) is 111 Å². The average molecular weight is 527 g/mol. The van der Waals surface area contributed by atoms with Crippen molar-refractivity contribution in [2.24, 2.45) is 0 Å². The molecule has 0 bridgehead atoms. The SMILES string of the molecule is CCCCCCCC/C=C\CCCCCCCC(=O)N[C@H](CNCc1ccccc1)CO[PH](O)(O)O. The van der Waals surface area contributed by atoms with E-state index in [0.717, 1.165) is 31.2 Å². The number of carbonyl (C=O) groups is 1. The summed E-state index contributed by atoms with van der Waals surface area (Å²) in [4.78, 5) is 39.8. The van der Waals surface area contributed by atoms with Crippen LogP contribution in [0.25, 0.3) is 0 Å². The van der Waals surface area contributed by atoms with Gasteiger partial charge in [-0.05, 0) is 12.8 Å². The second-order valence-electron chi connectivity index (χ2n) is 9.60. The number of hydrogen-bond donors (Lipinski definition) is 5. The molecule has 1 rings (SSSR count). The molecular weight excluding hydrogens is 475 g/mol. The van der Waals surface area contributed by atoms with Crippen LogP contribution in [0, 0.1) is 0 Å². The monoisotopic (exact) mass is 526 g/mol. The number of nitrogens with one attached hydrogen (secondary N) is 2. The van der Waals surface area contributed by atoms with E-state index in [9.17, 15) is 4.79 Å². The number of allylic oxidation sites excluding steroid dienone is 2. The molecule has 5 N–H and O–H groups in total. The molecule has 0 spiro atoms. The fraction of sp³-hybridized carbons (Fsp3) is 0.679. The molecule has 8 heteroatoms. The van der Waals surface area contributed by atoms with Crippen LogP contribution < -0.4 is 10.6 Å². The van der Waals surface area contributed by atoms with E-state index in [-0.39, 0.29) is 12.5 Å². The zero-order chi connectivity index (χ0) is 26.3. The summed E-state index contributed by atoms with van der Waals surface area (Å²) in [5, 5.41) is 6.11. The average Bonchev–Trinajstić information content (AvgIpc) is 2.85. The van der Waals surface area contributed by atoms with E-state index in [4.69, 9.17) is 19.2 Å². The minimum atomic E-state index is -4.62. The second kappa shape index (κ2) is 21.7. The molecule has 0 aromatic heterocycles. The summed E-state index contributed by atoms with van der Waals surface area (Å²) in [5.41, 5.74) is 1.10. The molecule has 36 heavy (non-hydrogen) atoms. The first-order valence-electron chi connectivity index (χ1n) is 13.9. The summed E-state index contributed by atoms with van der Waals surface area (Å²) in [5.74, 6) is -0.0937. The van der Waals surface area contributed by atoms with Crippen molar-refractivity contribution in [1.82, 2.24) is 10.6 Å². The Bertz CT molecular complexity index is 682. The van der Waals surface area contributed by atoms with Crippen molar-refractivity contribution in [1.29, 1.82) is 0 Å². The van der Waals surface area contributed by atoms with Gasteiger partial charge in [-0.15, -0.1) is 0 Å². The van der Waals surface area contributed by atoms with Gasteiger partial charge in [0.05, 0.1) is 0 Å². The molecular formula is C28H51N2O5P. The fourth-order valence-corrected chi connectivity index (χ4v) is 4.43. The Morgan fingerprint density at radius 3 is 2.08 bits per heavy atom. The number of unbranched alkanes of at least 4 members (excludes halogenated alkanes) is 11. The van der Waals surface area contributed by atoms with Crippen molar-refractivity contribution in [3.8, 4) is 0 Å². The Morgan fingerprint density at radius 2 is 1.47 bits per heavy atom. The third-order valence-electron chi connectivity index (χ3n) is 6.07. The predicted octanol–water partition coefficient (Wildman–Crippen LogP) is 5.70. The first-order valence-corrected chi connectivity index (χ1v) is 15.7. The number of amides is 1. The maximum absolute atomic E-state index is 12.4. The Balaban J connectivity index is 2.11. The number of benzene rings is 1. The van der Waals surface area contributed by atoms with Gasteiger partial charge in [-0.3, -0.25) is 0 Å². The van der Waals surface area contributed by atoms with Gasteiger partial charge < -0.3 is 0 Å². The van der Waals surface area contributed by atoms with Gasteiger partial charge in [0.2, 0.25) is 0 Å². The molecule has 7 nitrogen and oxygen atoms in total. The van der Waals surface area contributed by atoms with Gasteiger partial charge in [0.15, 0.2) is 0 Å². The van der Waals surface area contributed by atoms with Gasteiger partial charge in [0.1, 0.15) is 0 Å². The molecule has 1 aromatic rings. The van der Waals surface area contributed by atoms with Crippen LogP contribution in [0.5, 0.6) is 0 Å². The summed E-state index contributed by atoms with van der Waals surface area (Å²) in [6, 6.07) is 9.38. The van der Waals surface area contributed by atoms with E-state index >= 15 is 0 Å². The van der Waals surface area contributed by atoms with Gasteiger partial charge in [0.25, 0.3) is 0 Å². The zero-order valence-electron chi connectivity index (χ0n) is 22.3. The molecule has 0 fully saturated rings. The number of hydrogen-bond acceptors (Lipinski definition) is 6. The van der Waals surface area contributed by atoms with Crippen molar-refractivity contribution in [2.75, 3.05) is 13.2 Å². The third kappa shape index (κ3) is 20.8. The normalized spacial score (nSPS) is 13.2. The fourth-order valence-electron chi connectivity index (χ4n) is 4.01. The predicted molar refractivity (Wildman–Crippen MR) is 150 cm³/mol. The molecule has 0 radical (unpaired) electrons. The summed E-state index contributed by atoms with van der Waals surface area (Å²) >= 11 is 0. The van der Waals surface area contributed by atoms with Gasteiger partial charge >= 0.3 is 155 Å². The van der Waals surface area contributed by atoms with Crippen molar-refractivity contribution in [3.63, 3.8) is 0 Å². The molecule has 0 heterocycles. The van der Waals surface area contributed by atoms with Crippen molar-refractivity contribution in [3.05, 3.63) is 48.0 Å². The molecule has 0 aliphatic heterocycles. The van der Waals surface area contributed by atoms with Crippen LogP contribution in [-0.4, -0.2) is 39.8 Å². The Hall–Kier alpha value is -1.34. The van der Waals surface area contributed by atoms with Crippen molar-refractivity contribution in [2.45, 2.75) is 109 Å². The van der Waals surface area contributed by atoms with Crippen LogP contribution in [0.1, 0.15) is 102 Å². The Labute approximate surface area is 219 Å². The number of rotatable bonds is 23. The van der Waals surface area contributed by atoms with Crippen molar-refractivity contribution >= 4 is 14.1 Å². The molecule has 0 saturated heterocycles. The van der Waals surface area contributed by atoms with Crippen LogP contribution in [0.2, 0.25) is 0 Å². The third-order valence-corrected chi connectivity index (χ3v) is 6.63. The number of carbonyl (C=O) groups excluding carboxylic acids is 1. The molecule has 0 aliphatic carbocycles. The summed E-state index contributed by atoms with van der Waals surface area (Å²) in [7, 11) is -4.62. The molecule has 0 unspecified atom stereocenters. The van der Waals surface area contributed by atoms with E-state index in [1.807, 2.05) is 30.3 Å². The van der Waals surface area contributed by atoms with Gasteiger partial charge in [0, 0.05) is 0 Å². The van der Waals surface area contributed by atoms with Crippen LogP contribution in [0.15, 0.2) is 42.5 Å². The standard InChI is InChI=1S/C28H51N2O5P/c1-2-3-4-5-6-7-8-9-10-11-12-13-14-15-19-22-28(31)30-27(25-35-36(32,33)34)24-29-23-26-20-17-16-18-21-26/h9-10,16-18,20-21,27,29,32-34,36H,2-8,11-15,19,22-25H2,1H3,(H,30,31)/b10-9-/t27-/m1/s1. The van der Waals surface area contributed by atoms with Crippen LogP contribution in [0.3, 0.4) is 0 Å². The summed E-state index contributed by atoms with van der Waals surface area (Å²) in [6.07, 6.45) is 20.8. The minimum absolute atomic E-state index is 0.0937. The van der Waals surface area contributed by atoms with Crippen LogP contribution >= 0.6 is 8.17 Å².